The van der Waals surface area contributed by atoms with E-state index in [4.69, 9.17) is 4.99 Å². The Balaban J connectivity index is 2.45. The molecule has 0 saturated carbocycles. The second-order valence-electron chi connectivity index (χ2n) is 9.26. The number of amides is 1. The topological polar surface area (TPSA) is 32.7 Å². The minimum Gasteiger partial charge on any atom is -0.309 e. The summed E-state index contributed by atoms with van der Waals surface area (Å²) in [6, 6.07) is 12.8. The van der Waals surface area contributed by atoms with Crippen molar-refractivity contribution in [2.45, 2.75) is 79.1 Å². The third-order valence-corrected chi connectivity index (χ3v) is 5.60. The van der Waals surface area contributed by atoms with Crippen molar-refractivity contribution in [3.8, 4) is 0 Å². The van der Waals surface area contributed by atoms with Gasteiger partial charge in [0.05, 0.1) is 17.9 Å². The third kappa shape index (κ3) is 5.38. The lowest BCUT2D eigenvalue weighted by molar-refractivity contribution is -0.107. The van der Waals surface area contributed by atoms with E-state index in [-0.39, 0.29) is 0 Å². The normalized spacial score (nSPS) is 12.0. The number of benzene rings is 2. The molecule has 2 aromatic rings. The van der Waals surface area contributed by atoms with Crippen molar-refractivity contribution in [1.29, 1.82) is 0 Å². The molecule has 0 aromatic heterocycles. The maximum absolute atomic E-state index is 12.1. The molecule has 3 heteroatoms. The van der Waals surface area contributed by atoms with Crippen LogP contribution in [0, 0.1) is 0 Å². The summed E-state index contributed by atoms with van der Waals surface area (Å²) in [5.74, 6) is 1.47. The summed E-state index contributed by atoms with van der Waals surface area (Å²) in [5, 5.41) is 0. The van der Waals surface area contributed by atoms with E-state index in [9.17, 15) is 4.79 Å². The van der Waals surface area contributed by atoms with Gasteiger partial charge in [-0.15, -0.1) is 0 Å². The largest absolute Gasteiger partial charge is 0.309 e. The van der Waals surface area contributed by atoms with Gasteiger partial charge in [-0.1, -0.05) is 91.8 Å². The van der Waals surface area contributed by atoms with Crippen LogP contribution in [0.1, 0.15) is 101 Å². The number of hydrogen-bond acceptors (Lipinski definition) is 2. The predicted molar refractivity (Wildman–Crippen MR) is 131 cm³/mol. The molecule has 3 nitrogen and oxygen atoms in total. The first-order valence-corrected chi connectivity index (χ1v) is 11.2. The fraction of sp³-hybridized carbons (Fsp3) is 0.481. The van der Waals surface area contributed by atoms with E-state index in [0.717, 1.165) is 17.8 Å². The van der Waals surface area contributed by atoms with Crippen LogP contribution in [-0.4, -0.2) is 19.2 Å². The molecule has 0 spiro atoms. The summed E-state index contributed by atoms with van der Waals surface area (Å²) < 4.78 is 0. The second-order valence-corrected chi connectivity index (χ2v) is 9.26. The van der Waals surface area contributed by atoms with E-state index in [2.05, 4.69) is 91.8 Å². The molecule has 0 heterocycles. The Morgan fingerprint density at radius 1 is 0.733 bits per heavy atom. The maximum Gasteiger partial charge on any atom is 0.214 e. The zero-order valence-electron chi connectivity index (χ0n) is 19.9. The maximum atomic E-state index is 12.1. The van der Waals surface area contributed by atoms with Crippen molar-refractivity contribution in [3.63, 3.8) is 0 Å². The molecule has 0 saturated heterocycles. The van der Waals surface area contributed by atoms with Crippen molar-refractivity contribution < 1.29 is 4.79 Å². The average Bonchev–Trinajstić information content (AvgIpc) is 2.70. The average molecular weight is 407 g/mol. The van der Waals surface area contributed by atoms with Crippen LogP contribution in [0.3, 0.4) is 0 Å². The van der Waals surface area contributed by atoms with Gasteiger partial charge in [0.1, 0.15) is 0 Å². The molecule has 0 aliphatic rings. The first-order valence-electron chi connectivity index (χ1n) is 11.2. The summed E-state index contributed by atoms with van der Waals surface area (Å²) in [4.78, 5) is 18.8. The summed E-state index contributed by atoms with van der Waals surface area (Å²) in [6.07, 6.45) is 2.83. The third-order valence-electron chi connectivity index (χ3n) is 5.60. The Morgan fingerprint density at radius 2 is 1.13 bits per heavy atom. The fourth-order valence-corrected chi connectivity index (χ4v) is 3.91. The lowest BCUT2D eigenvalue weighted by Crippen LogP contribution is -2.26. The first-order chi connectivity index (χ1) is 14.2. The Morgan fingerprint density at radius 3 is 1.50 bits per heavy atom. The van der Waals surface area contributed by atoms with Gasteiger partial charge in [0.2, 0.25) is 6.41 Å². The molecule has 0 aliphatic heterocycles. The number of aliphatic imine (C=N–C) groups is 1. The molecule has 2 rings (SSSR count). The SMILES string of the molecule is CC(C)c1cccc(C(C)C)c1N=CCN(C=O)c1c(C(C)C)cccc1C(C)C. The molecule has 1 amide bonds. The first kappa shape index (κ1) is 23.9. The van der Waals surface area contributed by atoms with Gasteiger partial charge in [0.25, 0.3) is 0 Å². The van der Waals surface area contributed by atoms with E-state index < -0.39 is 0 Å². The van der Waals surface area contributed by atoms with E-state index in [0.29, 0.717) is 30.2 Å². The standard InChI is InChI=1S/C27H38N2O/c1-18(2)22-11-9-12-23(19(3)4)26(22)28-15-16-29(17-30)27-24(20(5)6)13-10-14-25(27)21(7)8/h9-15,17-21H,16H2,1-8H3. The molecule has 0 aliphatic carbocycles. The van der Waals surface area contributed by atoms with Gasteiger partial charge in [-0.2, -0.15) is 0 Å². The van der Waals surface area contributed by atoms with Gasteiger partial charge >= 0.3 is 0 Å². The summed E-state index contributed by atoms with van der Waals surface area (Å²) >= 11 is 0. The number of carbonyl (C=O) groups excluding carboxylic acids is 1. The number of hydrogen-bond donors (Lipinski definition) is 0. The Bertz CT molecular complexity index is 826. The van der Waals surface area contributed by atoms with Gasteiger partial charge < -0.3 is 4.90 Å². The highest BCUT2D eigenvalue weighted by molar-refractivity contribution is 5.86. The smallest absolute Gasteiger partial charge is 0.214 e. The zero-order valence-corrected chi connectivity index (χ0v) is 19.9. The van der Waals surface area contributed by atoms with Crippen molar-refractivity contribution in [3.05, 3.63) is 58.7 Å². The highest BCUT2D eigenvalue weighted by atomic mass is 16.1. The molecule has 0 atom stereocenters. The fourth-order valence-electron chi connectivity index (χ4n) is 3.91. The van der Waals surface area contributed by atoms with Crippen LogP contribution < -0.4 is 4.90 Å². The molecule has 162 valence electrons. The van der Waals surface area contributed by atoms with E-state index >= 15 is 0 Å². The van der Waals surface area contributed by atoms with Crippen molar-refractivity contribution in [2.75, 3.05) is 11.4 Å². The van der Waals surface area contributed by atoms with Crippen LogP contribution >= 0.6 is 0 Å². The quantitative estimate of drug-likeness (QED) is 0.312. The molecule has 0 fully saturated rings. The molecule has 0 unspecified atom stereocenters. The van der Waals surface area contributed by atoms with Crippen LogP contribution in [0.15, 0.2) is 41.4 Å². The Labute approximate surface area is 183 Å². The Hall–Kier alpha value is -2.42. The highest BCUT2D eigenvalue weighted by Gasteiger charge is 2.19. The second kappa shape index (κ2) is 10.6. The lowest BCUT2D eigenvalue weighted by Gasteiger charge is -2.26. The van der Waals surface area contributed by atoms with Crippen LogP contribution in [0.4, 0.5) is 11.4 Å². The van der Waals surface area contributed by atoms with Gasteiger partial charge in [-0.05, 0) is 45.9 Å². The van der Waals surface area contributed by atoms with Crippen LogP contribution in [0.5, 0.6) is 0 Å². The number of para-hydroxylation sites is 2. The van der Waals surface area contributed by atoms with Crippen molar-refractivity contribution >= 4 is 24.0 Å². The monoisotopic (exact) mass is 406 g/mol. The van der Waals surface area contributed by atoms with E-state index in [1.165, 1.54) is 22.3 Å². The van der Waals surface area contributed by atoms with Crippen LogP contribution in [0.2, 0.25) is 0 Å². The number of rotatable bonds is 9. The van der Waals surface area contributed by atoms with Gasteiger partial charge in [-0.25, -0.2) is 0 Å². The number of anilines is 1. The van der Waals surface area contributed by atoms with Crippen LogP contribution in [0.25, 0.3) is 0 Å². The molecular formula is C27H38N2O. The van der Waals surface area contributed by atoms with Crippen molar-refractivity contribution in [2.24, 2.45) is 4.99 Å². The molecule has 0 radical (unpaired) electrons. The molecule has 0 N–H and O–H groups in total. The number of carbonyl (C=O) groups is 1. The lowest BCUT2D eigenvalue weighted by atomic mass is 9.92. The molecular weight excluding hydrogens is 368 g/mol. The number of nitrogens with zero attached hydrogens (tertiary/aromatic N) is 2. The van der Waals surface area contributed by atoms with Gasteiger partial charge in [0, 0.05) is 6.21 Å². The molecule has 30 heavy (non-hydrogen) atoms. The highest BCUT2D eigenvalue weighted by Crippen LogP contribution is 2.36. The summed E-state index contributed by atoms with van der Waals surface area (Å²) in [7, 11) is 0. The minimum atomic E-state index is 0.340. The summed E-state index contributed by atoms with van der Waals surface area (Å²) in [5.41, 5.74) is 6.99. The molecule has 2 aromatic carbocycles. The predicted octanol–water partition coefficient (Wildman–Crippen LogP) is 7.55. The minimum absolute atomic E-state index is 0.340. The van der Waals surface area contributed by atoms with Crippen molar-refractivity contribution in [1.82, 2.24) is 0 Å². The van der Waals surface area contributed by atoms with Gasteiger partial charge in [-0.3, -0.25) is 9.79 Å². The Kier molecular flexibility index (Phi) is 8.40. The van der Waals surface area contributed by atoms with E-state index in [1.807, 2.05) is 6.21 Å². The van der Waals surface area contributed by atoms with Gasteiger partial charge in [0.15, 0.2) is 0 Å². The van der Waals surface area contributed by atoms with E-state index in [1.54, 1.807) is 4.90 Å². The zero-order chi connectivity index (χ0) is 22.4. The summed E-state index contributed by atoms with van der Waals surface area (Å²) in [6.45, 7) is 17.9. The molecule has 0 bridgehead atoms. The van der Waals surface area contributed by atoms with Crippen LogP contribution in [-0.2, 0) is 4.79 Å².